The van der Waals surface area contributed by atoms with Crippen LogP contribution >= 0.6 is 0 Å². The van der Waals surface area contributed by atoms with Crippen LogP contribution in [-0.4, -0.2) is 14.5 Å². The first-order valence-electron chi connectivity index (χ1n) is 6.78. The van der Waals surface area contributed by atoms with Gasteiger partial charge in [-0.05, 0) is 25.5 Å². The second-order valence-electron chi connectivity index (χ2n) is 4.90. The van der Waals surface area contributed by atoms with E-state index < -0.39 is 10.0 Å². The number of hydrogen-bond acceptors (Lipinski definition) is 4. The summed E-state index contributed by atoms with van der Waals surface area (Å²) in [6.07, 6.45) is 6.11. The summed E-state index contributed by atoms with van der Waals surface area (Å²) in [6, 6.07) is 3.41. The van der Waals surface area contributed by atoms with Gasteiger partial charge in [0.2, 0.25) is 5.09 Å². The molecule has 1 aromatic rings. The van der Waals surface area contributed by atoms with Crippen molar-refractivity contribution in [2.24, 2.45) is 5.14 Å². The number of primary sulfonamides is 1. The highest BCUT2D eigenvalue weighted by atomic mass is 32.2. The summed E-state index contributed by atoms with van der Waals surface area (Å²) in [5.74, 6) is 0.587. The average Bonchev–Trinajstić information content (AvgIpc) is 2.81. The van der Waals surface area contributed by atoms with E-state index in [1.807, 2.05) is 0 Å². The predicted octanol–water partition coefficient (Wildman–Crippen LogP) is 2.38. The predicted molar refractivity (Wildman–Crippen MR) is 75.1 cm³/mol. The topological polar surface area (TPSA) is 85.3 Å². The van der Waals surface area contributed by atoms with Crippen LogP contribution in [-0.2, 0) is 16.6 Å². The fourth-order valence-electron chi connectivity index (χ4n) is 1.86. The number of sulfonamides is 1. The van der Waals surface area contributed by atoms with Crippen molar-refractivity contribution in [1.82, 2.24) is 5.32 Å². The molecule has 0 bridgehead atoms. The molecule has 6 heteroatoms. The van der Waals surface area contributed by atoms with E-state index >= 15 is 0 Å². The van der Waals surface area contributed by atoms with Crippen LogP contribution < -0.4 is 10.5 Å². The Morgan fingerprint density at radius 3 is 2.63 bits per heavy atom. The van der Waals surface area contributed by atoms with E-state index in [0.717, 1.165) is 6.42 Å². The van der Waals surface area contributed by atoms with Crippen LogP contribution in [0.3, 0.4) is 0 Å². The van der Waals surface area contributed by atoms with E-state index in [4.69, 9.17) is 9.56 Å². The van der Waals surface area contributed by atoms with Gasteiger partial charge >= 0.3 is 0 Å². The lowest BCUT2D eigenvalue weighted by molar-refractivity contribution is 0.385. The summed E-state index contributed by atoms with van der Waals surface area (Å²) < 4.78 is 27.3. The van der Waals surface area contributed by atoms with Gasteiger partial charge in [-0.1, -0.05) is 32.6 Å². The van der Waals surface area contributed by atoms with E-state index in [0.29, 0.717) is 18.3 Å². The van der Waals surface area contributed by atoms with E-state index in [1.54, 1.807) is 6.07 Å². The molecule has 1 heterocycles. The molecular formula is C13H24N2O3S. The number of nitrogens with two attached hydrogens (primary N) is 1. The van der Waals surface area contributed by atoms with Crippen molar-refractivity contribution in [1.29, 1.82) is 0 Å². The Balaban J connectivity index is 2.30. The second-order valence-corrected chi connectivity index (χ2v) is 6.39. The SMILES string of the molecule is CCCCCCC(C)NCc1ccc(S(N)(=O)=O)o1. The van der Waals surface area contributed by atoms with Gasteiger partial charge in [0.15, 0.2) is 0 Å². The molecule has 1 rings (SSSR count). The Labute approximate surface area is 115 Å². The zero-order chi connectivity index (χ0) is 14.3. The lowest BCUT2D eigenvalue weighted by Crippen LogP contribution is -2.25. The maximum atomic E-state index is 11.1. The zero-order valence-corrected chi connectivity index (χ0v) is 12.5. The number of nitrogens with one attached hydrogen (secondary N) is 1. The quantitative estimate of drug-likeness (QED) is 0.683. The normalized spacial score (nSPS) is 13.6. The number of unbranched alkanes of at least 4 members (excludes halogenated alkanes) is 3. The molecule has 0 aromatic carbocycles. The molecule has 1 atom stereocenters. The van der Waals surface area contributed by atoms with Gasteiger partial charge in [-0.15, -0.1) is 0 Å². The molecule has 0 aliphatic heterocycles. The molecule has 0 aliphatic rings. The maximum absolute atomic E-state index is 11.1. The molecule has 0 radical (unpaired) electrons. The smallest absolute Gasteiger partial charge is 0.271 e. The number of hydrogen-bond donors (Lipinski definition) is 2. The lowest BCUT2D eigenvalue weighted by Gasteiger charge is -2.12. The lowest BCUT2D eigenvalue weighted by atomic mass is 10.1. The van der Waals surface area contributed by atoms with Crippen LogP contribution in [0.5, 0.6) is 0 Å². The van der Waals surface area contributed by atoms with E-state index in [2.05, 4.69) is 19.2 Å². The minimum Gasteiger partial charge on any atom is -0.447 e. The fourth-order valence-corrected chi connectivity index (χ4v) is 2.34. The molecule has 19 heavy (non-hydrogen) atoms. The molecule has 5 nitrogen and oxygen atoms in total. The highest BCUT2D eigenvalue weighted by molar-refractivity contribution is 7.89. The van der Waals surface area contributed by atoms with Crippen molar-refractivity contribution in [3.8, 4) is 0 Å². The molecule has 0 spiro atoms. The number of rotatable bonds is 9. The molecule has 1 aromatic heterocycles. The molecular weight excluding hydrogens is 264 g/mol. The van der Waals surface area contributed by atoms with Crippen molar-refractivity contribution < 1.29 is 12.8 Å². The Morgan fingerprint density at radius 2 is 2.05 bits per heavy atom. The molecule has 110 valence electrons. The highest BCUT2D eigenvalue weighted by Gasteiger charge is 2.13. The Bertz CT molecular complexity index is 468. The minimum absolute atomic E-state index is 0.181. The Morgan fingerprint density at radius 1 is 1.32 bits per heavy atom. The van der Waals surface area contributed by atoms with Gasteiger partial charge in [0, 0.05) is 6.04 Å². The van der Waals surface area contributed by atoms with Crippen molar-refractivity contribution in [2.45, 2.75) is 63.6 Å². The van der Waals surface area contributed by atoms with Crippen molar-refractivity contribution in [3.05, 3.63) is 17.9 Å². The van der Waals surface area contributed by atoms with Crippen LogP contribution in [0, 0.1) is 0 Å². The molecule has 1 unspecified atom stereocenters. The second kappa shape index (κ2) is 7.67. The first-order chi connectivity index (χ1) is 8.93. The maximum Gasteiger partial charge on any atom is 0.271 e. The van der Waals surface area contributed by atoms with E-state index in [-0.39, 0.29) is 5.09 Å². The Kier molecular flexibility index (Phi) is 6.54. The van der Waals surface area contributed by atoms with Gasteiger partial charge in [-0.3, -0.25) is 0 Å². The first-order valence-corrected chi connectivity index (χ1v) is 8.33. The standard InChI is InChI=1S/C13H24N2O3S/c1-3-4-5-6-7-11(2)15-10-12-8-9-13(18-12)19(14,16)17/h8-9,11,15H,3-7,10H2,1-2H3,(H2,14,16,17). The molecule has 3 N–H and O–H groups in total. The van der Waals surface area contributed by atoms with Gasteiger partial charge in [0.25, 0.3) is 10.0 Å². The van der Waals surface area contributed by atoms with Gasteiger partial charge in [-0.25, -0.2) is 13.6 Å². The largest absolute Gasteiger partial charge is 0.447 e. The van der Waals surface area contributed by atoms with Crippen LogP contribution in [0.15, 0.2) is 21.6 Å². The monoisotopic (exact) mass is 288 g/mol. The first kappa shape index (κ1) is 16.2. The van der Waals surface area contributed by atoms with Crippen molar-refractivity contribution in [2.75, 3.05) is 0 Å². The average molecular weight is 288 g/mol. The summed E-state index contributed by atoms with van der Waals surface area (Å²) in [5, 5.41) is 8.11. The number of furan rings is 1. The van der Waals surface area contributed by atoms with Crippen LogP contribution in [0.1, 0.15) is 51.7 Å². The summed E-state index contributed by atoms with van der Waals surface area (Å²) in [4.78, 5) is 0. The Hall–Kier alpha value is -0.850. The molecule has 0 fully saturated rings. The molecule has 0 saturated carbocycles. The summed E-state index contributed by atoms with van der Waals surface area (Å²) in [7, 11) is -3.74. The highest BCUT2D eigenvalue weighted by Crippen LogP contribution is 2.12. The van der Waals surface area contributed by atoms with Gasteiger partial charge in [-0.2, -0.15) is 0 Å². The van der Waals surface area contributed by atoms with Crippen LogP contribution in [0.2, 0.25) is 0 Å². The van der Waals surface area contributed by atoms with Crippen molar-refractivity contribution >= 4 is 10.0 Å². The fraction of sp³-hybridized carbons (Fsp3) is 0.692. The van der Waals surface area contributed by atoms with E-state index in [1.165, 1.54) is 31.7 Å². The van der Waals surface area contributed by atoms with Crippen LogP contribution in [0.4, 0.5) is 0 Å². The summed E-state index contributed by atoms with van der Waals surface area (Å²) in [5.41, 5.74) is 0. The van der Waals surface area contributed by atoms with E-state index in [9.17, 15) is 8.42 Å². The molecule has 0 amide bonds. The van der Waals surface area contributed by atoms with Crippen molar-refractivity contribution in [3.63, 3.8) is 0 Å². The third-order valence-electron chi connectivity index (χ3n) is 3.03. The third-order valence-corrected chi connectivity index (χ3v) is 3.81. The van der Waals surface area contributed by atoms with Gasteiger partial charge in [0.1, 0.15) is 5.76 Å². The summed E-state index contributed by atoms with van der Waals surface area (Å²) >= 11 is 0. The molecule has 0 aliphatic carbocycles. The van der Waals surface area contributed by atoms with Crippen LogP contribution in [0.25, 0.3) is 0 Å². The molecule has 0 saturated heterocycles. The van der Waals surface area contributed by atoms with Gasteiger partial charge in [0.05, 0.1) is 6.54 Å². The van der Waals surface area contributed by atoms with Gasteiger partial charge < -0.3 is 9.73 Å². The summed E-state index contributed by atoms with van der Waals surface area (Å²) in [6.45, 7) is 4.83. The third kappa shape index (κ3) is 6.22. The zero-order valence-electron chi connectivity index (χ0n) is 11.7. The minimum atomic E-state index is -3.74.